The molecule has 0 aromatic carbocycles. The summed E-state index contributed by atoms with van der Waals surface area (Å²) in [5.41, 5.74) is 0.814. The van der Waals surface area contributed by atoms with Gasteiger partial charge in [-0.3, -0.25) is 0 Å². The van der Waals surface area contributed by atoms with Crippen LogP contribution in [0.1, 0.15) is 23.8 Å². The van der Waals surface area contributed by atoms with E-state index in [1.165, 1.54) is 15.6 Å². The molecule has 1 N–H and O–H groups in total. The molecule has 0 unspecified atom stereocenters. The number of likely N-dealkylation sites (N-methyl/N-ethyl adjacent to an activating group) is 1. The molecule has 19 heavy (non-hydrogen) atoms. The number of hydrogen-bond acceptors (Lipinski definition) is 4. The first kappa shape index (κ1) is 16.4. The summed E-state index contributed by atoms with van der Waals surface area (Å²) in [5.74, 6) is 0. The van der Waals surface area contributed by atoms with E-state index in [9.17, 15) is 8.42 Å². The van der Waals surface area contributed by atoms with Crippen molar-refractivity contribution in [1.29, 1.82) is 0 Å². The van der Waals surface area contributed by atoms with E-state index in [2.05, 4.69) is 18.8 Å². The minimum absolute atomic E-state index is 0.319. The van der Waals surface area contributed by atoms with Crippen molar-refractivity contribution in [2.75, 3.05) is 20.1 Å². The molecule has 0 aliphatic carbocycles. The van der Waals surface area contributed by atoms with Crippen molar-refractivity contribution in [2.24, 2.45) is 0 Å². The highest BCUT2D eigenvalue weighted by atomic mass is 32.2. The average Bonchev–Trinajstić information content (AvgIpc) is 2.72. The fraction of sp³-hybridized carbons (Fsp3) is 0.538. The molecular formula is C13H22N2O2S2. The molecule has 4 nitrogen and oxygen atoms in total. The molecule has 0 atom stereocenters. The maximum Gasteiger partial charge on any atom is 0.244 e. The number of aryl methyl sites for hydroxylation is 1. The minimum Gasteiger partial charge on any atom is -0.312 e. The summed E-state index contributed by atoms with van der Waals surface area (Å²) >= 11 is 1.49. The van der Waals surface area contributed by atoms with Gasteiger partial charge in [0, 0.05) is 25.0 Å². The third-order valence-corrected chi connectivity index (χ3v) is 6.04. The lowest BCUT2D eigenvalue weighted by Gasteiger charge is -2.16. The Hall–Kier alpha value is -0.690. The number of rotatable bonds is 8. The van der Waals surface area contributed by atoms with E-state index < -0.39 is 10.0 Å². The fourth-order valence-electron chi connectivity index (χ4n) is 1.77. The third kappa shape index (κ3) is 3.89. The molecule has 1 aromatic rings. The molecule has 1 heterocycles. The molecule has 1 rings (SSSR count). The summed E-state index contributed by atoms with van der Waals surface area (Å²) in [6.07, 6.45) is 2.62. The molecule has 0 spiro atoms. The Balaban J connectivity index is 3.04. The first-order valence-corrected chi connectivity index (χ1v) is 8.62. The zero-order valence-electron chi connectivity index (χ0n) is 11.8. The average molecular weight is 302 g/mol. The highest BCUT2D eigenvalue weighted by Crippen LogP contribution is 2.29. The number of thiophene rings is 1. The highest BCUT2D eigenvalue weighted by molar-refractivity contribution is 7.89. The zero-order chi connectivity index (χ0) is 14.5. The van der Waals surface area contributed by atoms with Crippen LogP contribution in [-0.4, -0.2) is 32.9 Å². The van der Waals surface area contributed by atoms with Crippen LogP contribution in [0.3, 0.4) is 0 Å². The van der Waals surface area contributed by atoms with Crippen LogP contribution in [0.2, 0.25) is 0 Å². The van der Waals surface area contributed by atoms with Crippen LogP contribution >= 0.6 is 11.3 Å². The van der Waals surface area contributed by atoms with Gasteiger partial charge in [-0.1, -0.05) is 13.0 Å². The highest BCUT2D eigenvalue weighted by Gasteiger charge is 2.26. The molecule has 0 saturated carbocycles. The van der Waals surface area contributed by atoms with E-state index in [0.29, 0.717) is 18.0 Å². The van der Waals surface area contributed by atoms with Crippen molar-refractivity contribution < 1.29 is 8.42 Å². The monoisotopic (exact) mass is 302 g/mol. The van der Waals surface area contributed by atoms with Crippen molar-refractivity contribution >= 4 is 21.4 Å². The van der Waals surface area contributed by atoms with Gasteiger partial charge < -0.3 is 5.32 Å². The second-order valence-electron chi connectivity index (χ2n) is 4.42. The molecule has 6 heteroatoms. The molecule has 0 bridgehead atoms. The predicted molar refractivity (Wildman–Crippen MR) is 81.1 cm³/mol. The standard InChI is InChI=1S/C13H22N2O2S2/c1-5-7-14-9-12-13(11(3)10-18-12)19(16,17)15(4)8-6-2/h6,10,14H,2,5,7-9H2,1,3-4H3. The van der Waals surface area contributed by atoms with Crippen LogP contribution in [0.4, 0.5) is 0 Å². The topological polar surface area (TPSA) is 49.4 Å². The van der Waals surface area contributed by atoms with Crippen molar-refractivity contribution in [2.45, 2.75) is 31.7 Å². The predicted octanol–water partition coefficient (Wildman–Crippen LogP) is 2.36. The van der Waals surface area contributed by atoms with E-state index in [1.54, 1.807) is 13.1 Å². The van der Waals surface area contributed by atoms with E-state index in [4.69, 9.17) is 0 Å². The summed E-state index contributed by atoms with van der Waals surface area (Å²) in [4.78, 5) is 1.33. The zero-order valence-corrected chi connectivity index (χ0v) is 13.4. The summed E-state index contributed by atoms with van der Waals surface area (Å²) in [5, 5.41) is 5.16. The van der Waals surface area contributed by atoms with Crippen LogP contribution in [0.5, 0.6) is 0 Å². The summed E-state index contributed by atoms with van der Waals surface area (Å²) in [6.45, 7) is 9.32. The number of nitrogens with zero attached hydrogens (tertiary/aromatic N) is 1. The number of hydrogen-bond donors (Lipinski definition) is 1. The molecule has 0 aliphatic heterocycles. The van der Waals surface area contributed by atoms with Crippen molar-refractivity contribution in [1.82, 2.24) is 9.62 Å². The quantitative estimate of drug-likeness (QED) is 0.592. The molecule has 108 valence electrons. The van der Waals surface area contributed by atoms with E-state index >= 15 is 0 Å². The van der Waals surface area contributed by atoms with Gasteiger partial charge in [-0.2, -0.15) is 4.31 Å². The smallest absolute Gasteiger partial charge is 0.244 e. The van der Waals surface area contributed by atoms with Gasteiger partial charge in [-0.15, -0.1) is 17.9 Å². The van der Waals surface area contributed by atoms with Gasteiger partial charge >= 0.3 is 0 Å². The van der Waals surface area contributed by atoms with E-state index in [-0.39, 0.29) is 0 Å². The maximum atomic E-state index is 12.5. The van der Waals surface area contributed by atoms with Gasteiger partial charge in [0.15, 0.2) is 0 Å². The minimum atomic E-state index is -3.42. The van der Waals surface area contributed by atoms with Gasteiger partial charge in [0.05, 0.1) is 0 Å². The number of nitrogens with one attached hydrogen (secondary N) is 1. The Bertz CT molecular complexity index is 521. The second-order valence-corrected chi connectivity index (χ2v) is 7.37. The van der Waals surface area contributed by atoms with Crippen molar-refractivity contribution in [3.63, 3.8) is 0 Å². The molecule has 0 fully saturated rings. The maximum absolute atomic E-state index is 12.5. The lowest BCUT2D eigenvalue weighted by Crippen LogP contribution is -2.28. The fourth-order valence-corrected chi connectivity index (χ4v) is 4.63. The number of sulfonamides is 1. The van der Waals surface area contributed by atoms with E-state index in [1.807, 2.05) is 12.3 Å². The lowest BCUT2D eigenvalue weighted by molar-refractivity contribution is 0.497. The molecular weight excluding hydrogens is 280 g/mol. The SMILES string of the molecule is C=CCN(C)S(=O)(=O)c1c(C)csc1CNCCC. The summed E-state index contributed by atoms with van der Waals surface area (Å²) < 4.78 is 26.4. The third-order valence-electron chi connectivity index (χ3n) is 2.76. The molecule has 0 radical (unpaired) electrons. The Labute approximate surface area is 120 Å². The van der Waals surface area contributed by atoms with Gasteiger partial charge in [-0.05, 0) is 30.8 Å². The van der Waals surface area contributed by atoms with Crippen LogP contribution < -0.4 is 5.32 Å². The van der Waals surface area contributed by atoms with Crippen LogP contribution in [-0.2, 0) is 16.6 Å². The Morgan fingerprint density at radius 2 is 2.21 bits per heavy atom. The molecule has 0 amide bonds. The lowest BCUT2D eigenvalue weighted by atomic mass is 10.3. The van der Waals surface area contributed by atoms with Crippen LogP contribution in [0.15, 0.2) is 22.9 Å². The van der Waals surface area contributed by atoms with Crippen molar-refractivity contribution in [3.05, 3.63) is 28.5 Å². The van der Waals surface area contributed by atoms with Gasteiger partial charge in [0.2, 0.25) is 10.0 Å². The molecule has 0 aliphatic rings. The largest absolute Gasteiger partial charge is 0.312 e. The Kier molecular flexibility index (Phi) is 6.19. The van der Waals surface area contributed by atoms with Gasteiger partial charge in [-0.25, -0.2) is 8.42 Å². The Morgan fingerprint density at radius 3 is 2.79 bits per heavy atom. The summed E-state index contributed by atoms with van der Waals surface area (Å²) in [7, 11) is -1.84. The van der Waals surface area contributed by atoms with Crippen LogP contribution in [0.25, 0.3) is 0 Å². The summed E-state index contributed by atoms with van der Waals surface area (Å²) in [6, 6.07) is 0. The molecule has 1 aromatic heterocycles. The molecule has 0 saturated heterocycles. The Morgan fingerprint density at radius 1 is 1.53 bits per heavy atom. The van der Waals surface area contributed by atoms with Gasteiger partial charge in [0.1, 0.15) is 4.90 Å². The second kappa shape index (κ2) is 7.19. The van der Waals surface area contributed by atoms with E-state index in [0.717, 1.165) is 23.4 Å². The first-order valence-electron chi connectivity index (χ1n) is 6.30. The normalized spacial score (nSPS) is 12.0. The first-order chi connectivity index (χ1) is 8.95. The van der Waals surface area contributed by atoms with Crippen molar-refractivity contribution in [3.8, 4) is 0 Å². The van der Waals surface area contributed by atoms with Crippen LogP contribution in [0, 0.1) is 6.92 Å². The van der Waals surface area contributed by atoms with Gasteiger partial charge in [0.25, 0.3) is 0 Å².